The Hall–Kier alpha value is -2.95. The molecule has 23 heavy (non-hydrogen) atoms. The highest BCUT2D eigenvalue weighted by molar-refractivity contribution is 6.08. The lowest BCUT2D eigenvalue weighted by atomic mass is 10.2. The van der Waals surface area contributed by atoms with Gasteiger partial charge in [0.05, 0.1) is 11.4 Å². The van der Waals surface area contributed by atoms with E-state index in [2.05, 4.69) is 10.3 Å². The van der Waals surface area contributed by atoms with Crippen LogP contribution in [-0.2, 0) is 9.59 Å². The van der Waals surface area contributed by atoms with E-state index < -0.39 is 0 Å². The van der Waals surface area contributed by atoms with Crippen LogP contribution in [0.2, 0.25) is 0 Å². The number of carbonyl (C=O) groups is 2. The van der Waals surface area contributed by atoms with Gasteiger partial charge in [0.15, 0.2) is 0 Å². The Kier molecular flexibility index (Phi) is 4.19. The molecular weight excluding hydrogens is 290 g/mol. The maximum absolute atomic E-state index is 12.6. The van der Waals surface area contributed by atoms with E-state index in [0.29, 0.717) is 12.2 Å². The summed E-state index contributed by atoms with van der Waals surface area (Å²) in [5.74, 6) is -0.241. The normalized spacial score (nSPS) is 14.3. The highest BCUT2D eigenvalue weighted by Crippen LogP contribution is 2.28. The number of fused-ring (bicyclic) bond motifs is 1. The van der Waals surface area contributed by atoms with Crippen LogP contribution in [0.15, 0.2) is 48.8 Å². The molecular formula is C18H17N3O2. The molecule has 0 saturated carbocycles. The van der Waals surface area contributed by atoms with E-state index in [1.54, 1.807) is 29.4 Å². The molecule has 116 valence electrons. The van der Waals surface area contributed by atoms with E-state index in [0.717, 1.165) is 16.8 Å². The summed E-state index contributed by atoms with van der Waals surface area (Å²) in [5.41, 5.74) is 3.29. The molecule has 5 heteroatoms. The van der Waals surface area contributed by atoms with Crippen molar-refractivity contribution in [3.05, 3.63) is 59.9 Å². The quantitative estimate of drug-likeness (QED) is 0.868. The van der Waals surface area contributed by atoms with Crippen molar-refractivity contribution in [2.45, 2.75) is 13.3 Å². The standard InChI is InChI=1S/C18H17N3O2/c1-13-10-14(12-19-11-13)6-7-18(23)21-9-8-17(22)20-15-4-2-3-5-16(15)21/h2-7,10-12H,8-9H2,1H3,(H,20,22)/b7-6+. The topological polar surface area (TPSA) is 62.3 Å². The number of carbonyl (C=O) groups excluding carboxylic acids is 2. The summed E-state index contributed by atoms with van der Waals surface area (Å²) >= 11 is 0. The van der Waals surface area contributed by atoms with Crippen LogP contribution in [0.1, 0.15) is 17.5 Å². The monoisotopic (exact) mass is 307 g/mol. The summed E-state index contributed by atoms with van der Waals surface area (Å²) in [7, 11) is 0. The van der Waals surface area contributed by atoms with Gasteiger partial charge in [-0.3, -0.25) is 14.6 Å². The van der Waals surface area contributed by atoms with Gasteiger partial charge < -0.3 is 10.2 Å². The van der Waals surface area contributed by atoms with E-state index in [1.165, 1.54) is 6.08 Å². The summed E-state index contributed by atoms with van der Waals surface area (Å²) in [4.78, 5) is 30.0. The van der Waals surface area contributed by atoms with Gasteiger partial charge in [0.1, 0.15) is 0 Å². The fourth-order valence-electron chi connectivity index (χ4n) is 2.52. The second-order valence-electron chi connectivity index (χ2n) is 5.43. The molecule has 0 aliphatic carbocycles. The van der Waals surface area contributed by atoms with Crippen LogP contribution in [0, 0.1) is 6.92 Å². The number of anilines is 2. The molecule has 0 bridgehead atoms. The van der Waals surface area contributed by atoms with E-state index >= 15 is 0 Å². The van der Waals surface area contributed by atoms with Gasteiger partial charge in [-0.25, -0.2) is 0 Å². The molecule has 0 radical (unpaired) electrons. The fourth-order valence-corrected chi connectivity index (χ4v) is 2.52. The third-order valence-corrected chi connectivity index (χ3v) is 3.61. The summed E-state index contributed by atoms with van der Waals surface area (Å²) in [6.45, 7) is 2.31. The molecule has 2 amide bonds. The van der Waals surface area contributed by atoms with E-state index in [1.807, 2.05) is 31.2 Å². The van der Waals surface area contributed by atoms with Gasteiger partial charge in [-0.2, -0.15) is 0 Å². The molecule has 1 aliphatic rings. The number of nitrogens with zero attached hydrogens (tertiary/aromatic N) is 2. The van der Waals surface area contributed by atoms with Crippen molar-refractivity contribution >= 4 is 29.3 Å². The number of benzene rings is 1. The SMILES string of the molecule is Cc1cncc(/C=C/C(=O)N2CCC(=O)Nc3ccccc32)c1. The second-order valence-corrected chi connectivity index (χ2v) is 5.43. The van der Waals surface area contributed by atoms with Crippen LogP contribution in [0.3, 0.4) is 0 Å². The second kappa shape index (κ2) is 6.44. The van der Waals surface area contributed by atoms with Crippen molar-refractivity contribution in [2.24, 2.45) is 0 Å². The first-order chi connectivity index (χ1) is 11.1. The lowest BCUT2D eigenvalue weighted by Gasteiger charge is -2.20. The van der Waals surface area contributed by atoms with Gasteiger partial charge in [-0.05, 0) is 42.3 Å². The summed E-state index contributed by atoms with van der Waals surface area (Å²) in [6.07, 6.45) is 7.01. The zero-order valence-electron chi connectivity index (χ0n) is 12.8. The van der Waals surface area contributed by atoms with Gasteiger partial charge in [-0.1, -0.05) is 12.1 Å². The van der Waals surface area contributed by atoms with Crippen LogP contribution >= 0.6 is 0 Å². The molecule has 5 nitrogen and oxygen atoms in total. The molecule has 0 spiro atoms. The molecule has 0 unspecified atom stereocenters. The highest BCUT2D eigenvalue weighted by atomic mass is 16.2. The molecule has 1 aromatic carbocycles. The first-order valence-electron chi connectivity index (χ1n) is 7.43. The number of aromatic nitrogens is 1. The molecule has 3 rings (SSSR count). The summed E-state index contributed by atoms with van der Waals surface area (Å²) < 4.78 is 0. The molecule has 1 aromatic heterocycles. The average molecular weight is 307 g/mol. The molecule has 1 aliphatic heterocycles. The number of hydrogen-bond donors (Lipinski definition) is 1. The third-order valence-electron chi connectivity index (χ3n) is 3.61. The van der Waals surface area contributed by atoms with Crippen LogP contribution in [0.25, 0.3) is 6.08 Å². The average Bonchev–Trinajstić information content (AvgIpc) is 2.71. The number of hydrogen-bond acceptors (Lipinski definition) is 3. The van der Waals surface area contributed by atoms with Gasteiger partial charge in [-0.15, -0.1) is 0 Å². The number of pyridine rings is 1. The zero-order chi connectivity index (χ0) is 16.2. The number of para-hydroxylation sites is 2. The smallest absolute Gasteiger partial charge is 0.251 e. The van der Waals surface area contributed by atoms with Gasteiger partial charge in [0.2, 0.25) is 5.91 Å². The minimum atomic E-state index is -0.157. The predicted octanol–water partition coefficient (Wildman–Crippen LogP) is 2.78. The van der Waals surface area contributed by atoms with Gasteiger partial charge >= 0.3 is 0 Å². The van der Waals surface area contributed by atoms with Crippen molar-refractivity contribution in [1.82, 2.24) is 4.98 Å². The third kappa shape index (κ3) is 3.45. The number of rotatable bonds is 2. The maximum atomic E-state index is 12.6. The van der Waals surface area contributed by atoms with Gasteiger partial charge in [0, 0.05) is 31.4 Å². The summed E-state index contributed by atoms with van der Waals surface area (Å²) in [5, 5.41) is 2.82. The molecule has 2 aromatic rings. The van der Waals surface area contributed by atoms with Crippen molar-refractivity contribution in [3.8, 4) is 0 Å². The number of aryl methyl sites for hydroxylation is 1. The largest absolute Gasteiger partial charge is 0.324 e. The number of amides is 2. The maximum Gasteiger partial charge on any atom is 0.251 e. The Morgan fingerprint density at radius 3 is 2.96 bits per heavy atom. The lowest BCUT2D eigenvalue weighted by Crippen LogP contribution is -2.30. The van der Waals surface area contributed by atoms with Crippen molar-refractivity contribution in [2.75, 3.05) is 16.8 Å². The molecule has 0 atom stereocenters. The van der Waals surface area contributed by atoms with Crippen LogP contribution in [0.4, 0.5) is 11.4 Å². The Bertz CT molecular complexity index is 783. The Morgan fingerprint density at radius 2 is 2.13 bits per heavy atom. The van der Waals surface area contributed by atoms with E-state index in [-0.39, 0.29) is 18.2 Å². The lowest BCUT2D eigenvalue weighted by molar-refractivity contribution is -0.116. The Morgan fingerprint density at radius 1 is 1.30 bits per heavy atom. The first-order valence-corrected chi connectivity index (χ1v) is 7.43. The van der Waals surface area contributed by atoms with Crippen molar-refractivity contribution in [1.29, 1.82) is 0 Å². The minimum absolute atomic E-state index is 0.0837. The first kappa shape index (κ1) is 15.0. The fraction of sp³-hybridized carbons (Fsp3) is 0.167. The van der Waals surface area contributed by atoms with E-state index in [9.17, 15) is 9.59 Å². The molecule has 0 saturated heterocycles. The van der Waals surface area contributed by atoms with E-state index in [4.69, 9.17) is 0 Å². The molecule has 1 N–H and O–H groups in total. The number of nitrogens with one attached hydrogen (secondary N) is 1. The molecule has 0 fully saturated rings. The molecule has 2 heterocycles. The van der Waals surface area contributed by atoms with Crippen LogP contribution in [-0.4, -0.2) is 23.3 Å². The van der Waals surface area contributed by atoms with Crippen molar-refractivity contribution < 1.29 is 9.59 Å². The summed E-state index contributed by atoms with van der Waals surface area (Å²) in [6, 6.07) is 9.28. The highest BCUT2D eigenvalue weighted by Gasteiger charge is 2.22. The van der Waals surface area contributed by atoms with Crippen LogP contribution < -0.4 is 10.2 Å². The van der Waals surface area contributed by atoms with Gasteiger partial charge in [0.25, 0.3) is 5.91 Å². The van der Waals surface area contributed by atoms with Crippen LogP contribution in [0.5, 0.6) is 0 Å². The zero-order valence-corrected chi connectivity index (χ0v) is 12.8. The predicted molar refractivity (Wildman–Crippen MR) is 90.0 cm³/mol. The minimum Gasteiger partial charge on any atom is -0.324 e. The Balaban J connectivity index is 1.86. The van der Waals surface area contributed by atoms with Crippen molar-refractivity contribution in [3.63, 3.8) is 0 Å². The Labute approximate surface area is 134 Å².